The van der Waals surface area contributed by atoms with Gasteiger partial charge in [-0.3, -0.25) is 4.79 Å². The summed E-state index contributed by atoms with van der Waals surface area (Å²) in [5, 5.41) is 9.02. The number of carbonyl (C=O) groups is 1. The van der Waals surface area contributed by atoms with Crippen LogP contribution in [0.2, 0.25) is 0 Å². The van der Waals surface area contributed by atoms with Crippen LogP contribution in [0.4, 0.5) is 0 Å². The molecular weight excluding hydrogens is 354 g/mol. The van der Waals surface area contributed by atoms with Crippen molar-refractivity contribution in [3.05, 3.63) is 14.7 Å². The lowest BCUT2D eigenvalue weighted by atomic mass is 10.0. The fourth-order valence-electron chi connectivity index (χ4n) is 2.19. The van der Waals surface area contributed by atoms with Crippen molar-refractivity contribution in [2.75, 3.05) is 13.1 Å². The van der Waals surface area contributed by atoms with Gasteiger partial charge >= 0.3 is 5.97 Å². The molecule has 2 heterocycles. The van der Waals surface area contributed by atoms with Crippen LogP contribution in [0.1, 0.15) is 17.7 Å². The van der Waals surface area contributed by atoms with Gasteiger partial charge in [0.15, 0.2) is 0 Å². The molecule has 1 aliphatic rings. The zero-order chi connectivity index (χ0) is 14.2. The average Bonchev–Trinajstić information content (AvgIpc) is 2.69. The van der Waals surface area contributed by atoms with Gasteiger partial charge in [0.1, 0.15) is 0 Å². The SMILES string of the molecule is Cc1sc(Br)cc1S(=O)(=O)N1CCCC(C(=O)O)C1. The molecular formula is C11H14BrNO4S2. The second-order valence-corrected chi connectivity index (χ2v) is 9.05. The topological polar surface area (TPSA) is 74.7 Å². The molecule has 106 valence electrons. The number of halogens is 1. The van der Waals surface area contributed by atoms with Crippen molar-refractivity contribution in [1.82, 2.24) is 4.31 Å². The van der Waals surface area contributed by atoms with Crippen LogP contribution < -0.4 is 0 Å². The summed E-state index contributed by atoms with van der Waals surface area (Å²) in [4.78, 5) is 12.0. The Morgan fingerprint density at radius 2 is 2.26 bits per heavy atom. The van der Waals surface area contributed by atoms with Crippen molar-refractivity contribution >= 4 is 43.3 Å². The van der Waals surface area contributed by atoms with E-state index >= 15 is 0 Å². The molecule has 0 radical (unpaired) electrons. The number of nitrogens with zero attached hydrogens (tertiary/aromatic N) is 1. The highest BCUT2D eigenvalue weighted by Crippen LogP contribution is 2.33. The van der Waals surface area contributed by atoms with Gasteiger partial charge in [-0.15, -0.1) is 11.3 Å². The predicted molar refractivity (Wildman–Crippen MR) is 75.9 cm³/mol. The number of carboxylic acid groups (broad SMARTS) is 1. The Kier molecular flexibility index (Phi) is 4.34. The molecule has 0 saturated carbocycles. The molecule has 1 fully saturated rings. The molecule has 1 atom stereocenters. The highest BCUT2D eigenvalue weighted by molar-refractivity contribution is 9.11. The van der Waals surface area contributed by atoms with E-state index in [9.17, 15) is 13.2 Å². The molecule has 0 spiro atoms. The standard InChI is InChI=1S/C11H14BrNO4S2/c1-7-9(5-10(12)18-7)19(16,17)13-4-2-3-8(6-13)11(14)15/h5,8H,2-4,6H2,1H3,(H,14,15). The summed E-state index contributed by atoms with van der Waals surface area (Å²) < 4.78 is 27.1. The van der Waals surface area contributed by atoms with Crippen LogP contribution in [0.3, 0.4) is 0 Å². The Morgan fingerprint density at radius 3 is 2.79 bits per heavy atom. The van der Waals surface area contributed by atoms with E-state index in [1.165, 1.54) is 15.6 Å². The van der Waals surface area contributed by atoms with E-state index in [-0.39, 0.29) is 11.4 Å². The lowest BCUT2D eigenvalue weighted by Gasteiger charge is -2.29. The quantitative estimate of drug-likeness (QED) is 0.889. The number of aliphatic carboxylic acids is 1. The Balaban J connectivity index is 2.29. The van der Waals surface area contributed by atoms with Crippen LogP contribution in [0.5, 0.6) is 0 Å². The molecule has 1 saturated heterocycles. The fraction of sp³-hybridized carbons (Fsp3) is 0.545. The molecule has 1 aromatic heterocycles. The van der Waals surface area contributed by atoms with Gasteiger partial charge in [-0.05, 0) is 41.8 Å². The van der Waals surface area contributed by atoms with E-state index in [1.807, 2.05) is 0 Å². The van der Waals surface area contributed by atoms with E-state index in [1.54, 1.807) is 13.0 Å². The van der Waals surface area contributed by atoms with E-state index in [4.69, 9.17) is 5.11 Å². The molecule has 0 bridgehead atoms. The summed E-state index contributed by atoms with van der Waals surface area (Å²) in [6.07, 6.45) is 1.12. The maximum Gasteiger partial charge on any atom is 0.307 e. The van der Waals surface area contributed by atoms with E-state index in [2.05, 4.69) is 15.9 Å². The van der Waals surface area contributed by atoms with Crippen molar-refractivity contribution in [2.24, 2.45) is 5.92 Å². The first-order valence-electron chi connectivity index (χ1n) is 5.81. The van der Waals surface area contributed by atoms with Crippen LogP contribution in [-0.4, -0.2) is 36.9 Å². The number of aryl methyl sites for hydroxylation is 1. The lowest BCUT2D eigenvalue weighted by Crippen LogP contribution is -2.42. The third-order valence-corrected chi connectivity index (χ3v) is 6.87. The Bertz CT molecular complexity index is 596. The Labute approximate surface area is 124 Å². The molecule has 19 heavy (non-hydrogen) atoms. The Hall–Kier alpha value is -0.440. The van der Waals surface area contributed by atoms with Gasteiger partial charge in [-0.2, -0.15) is 4.31 Å². The average molecular weight is 368 g/mol. The first-order valence-corrected chi connectivity index (χ1v) is 8.86. The van der Waals surface area contributed by atoms with Crippen molar-refractivity contribution in [1.29, 1.82) is 0 Å². The first kappa shape index (κ1) is 15.0. The molecule has 5 nitrogen and oxygen atoms in total. The van der Waals surface area contributed by atoms with Gasteiger partial charge in [0.05, 0.1) is 14.6 Å². The summed E-state index contributed by atoms with van der Waals surface area (Å²) >= 11 is 4.64. The minimum absolute atomic E-state index is 0.0601. The first-order chi connectivity index (χ1) is 8.82. The van der Waals surface area contributed by atoms with Gasteiger partial charge in [0, 0.05) is 18.0 Å². The van der Waals surface area contributed by atoms with Gasteiger partial charge in [-0.25, -0.2) is 8.42 Å². The summed E-state index contributed by atoms with van der Waals surface area (Å²) in [5.74, 6) is -1.53. The molecule has 0 aliphatic carbocycles. The predicted octanol–water partition coefficient (Wildman–Crippen LogP) is 2.30. The van der Waals surface area contributed by atoms with Gasteiger partial charge in [0.2, 0.25) is 10.0 Å². The molecule has 8 heteroatoms. The molecule has 1 aromatic rings. The molecule has 0 amide bonds. The fourth-order valence-corrected chi connectivity index (χ4v) is 6.10. The third kappa shape index (κ3) is 3.01. The van der Waals surface area contributed by atoms with Gasteiger partial charge in [0.25, 0.3) is 0 Å². The second-order valence-electron chi connectivity index (χ2n) is 4.51. The second kappa shape index (κ2) is 5.51. The molecule has 0 aromatic carbocycles. The summed E-state index contributed by atoms with van der Waals surface area (Å²) in [5.41, 5.74) is 0. The molecule has 1 unspecified atom stereocenters. The van der Waals surface area contributed by atoms with Gasteiger partial charge in [-0.1, -0.05) is 0 Å². The zero-order valence-corrected chi connectivity index (χ0v) is 13.5. The van der Waals surface area contributed by atoms with Crippen molar-refractivity contribution in [3.8, 4) is 0 Å². The highest BCUT2D eigenvalue weighted by Gasteiger charge is 2.34. The normalized spacial score (nSPS) is 21.5. The van der Waals surface area contributed by atoms with Crippen molar-refractivity contribution < 1.29 is 18.3 Å². The number of carboxylic acids is 1. The van der Waals surface area contributed by atoms with E-state index in [0.717, 1.165) is 3.79 Å². The number of rotatable bonds is 3. The van der Waals surface area contributed by atoms with Crippen LogP contribution in [0, 0.1) is 12.8 Å². The Morgan fingerprint density at radius 1 is 1.58 bits per heavy atom. The molecule has 1 aliphatic heterocycles. The highest BCUT2D eigenvalue weighted by atomic mass is 79.9. The largest absolute Gasteiger partial charge is 0.481 e. The van der Waals surface area contributed by atoms with E-state index < -0.39 is 21.9 Å². The maximum atomic E-state index is 12.5. The number of hydrogen-bond acceptors (Lipinski definition) is 4. The maximum absolute atomic E-state index is 12.5. The summed E-state index contributed by atoms with van der Waals surface area (Å²) in [7, 11) is -3.59. The minimum atomic E-state index is -3.59. The monoisotopic (exact) mass is 367 g/mol. The number of hydrogen-bond donors (Lipinski definition) is 1. The number of thiophene rings is 1. The minimum Gasteiger partial charge on any atom is -0.481 e. The van der Waals surface area contributed by atoms with Crippen LogP contribution in [0.15, 0.2) is 14.7 Å². The third-order valence-electron chi connectivity index (χ3n) is 3.19. The lowest BCUT2D eigenvalue weighted by molar-refractivity contribution is -0.142. The van der Waals surface area contributed by atoms with Crippen molar-refractivity contribution in [3.63, 3.8) is 0 Å². The van der Waals surface area contributed by atoms with E-state index in [0.29, 0.717) is 24.3 Å². The smallest absolute Gasteiger partial charge is 0.307 e. The molecule has 1 N–H and O–H groups in total. The summed E-state index contributed by atoms with van der Waals surface area (Å²) in [6, 6.07) is 1.58. The molecule has 2 rings (SSSR count). The summed E-state index contributed by atoms with van der Waals surface area (Å²) in [6.45, 7) is 2.20. The van der Waals surface area contributed by atoms with Crippen molar-refractivity contribution in [2.45, 2.75) is 24.7 Å². The van der Waals surface area contributed by atoms with Gasteiger partial charge < -0.3 is 5.11 Å². The van der Waals surface area contributed by atoms with Crippen LogP contribution >= 0.6 is 27.3 Å². The number of sulfonamides is 1. The van der Waals surface area contributed by atoms with Crippen LogP contribution in [-0.2, 0) is 14.8 Å². The zero-order valence-electron chi connectivity index (χ0n) is 10.3. The van der Waals surface area contributed by atoms with Crippen LogP contribution in [0.25, 0.3) is 0 Å². The number of piperidine rings is 1.